The lowest BCUT2D eigenvalue weighted by Gasteiger charge is -2.27. The third-order valence-corrected chi connectivity index (χ3v) is 5.49. The van der Waals surface area contributed by atoms with Crippen LogP contribution in [0.2, 0.25) is 0 Å². The van der Waals surface area contributed by atoms with Crippen LogP contribution in [0.5, 0.6) is 5.75 Å². The fourth-order valence-corrected chi connectivity index (χ4v) is 3.89. The molecule has 12 heteroatoms. The third kappa shape index (κ3) is 7.42. The van der Waals surface area contributed by atoms with Gasteiger partial charge in [0.1, 0.15) is 5.75 Å². The van der Waals surface area contributed by atoms with Gasteiger partial charge in [-0.25, -0.2) is 0 Å². The summed E-state index contributed by atoms with van der Waals surface area (Å²) in [7, 11) is 1.26. The Morgan fingerprint density at radius 3 is 1.95 bits per heavy atom. The van der Waals surface area contributed by atoms with E-state index in [-0.39, 0.29) is 30.3 Å². The summed E-state index contributed by atoms with van der Waals surface area (Å²) < 4.78 is 124. The summed E-state index contributed by atoms with van der Waals surface area (Å²) in [6.45, 7) is 4.05. The number of carbonyl (C=O) groups excluding carboxylic acids is 1. The molecule has 1 heterocycles. The summed E-state index contributed by atoms with van der Waals surface area (Å²) in [4.78, 5) is 13.9. The van der Waals surface area contributed by atoms with Gasteiger partial charge in [-0.15, -0.1) is 0 Å². The molecule has 1 fully saturated rings. The molecule has 2 aromatic carbocycles. The average Bonchev–Trinajstić information content (AvgIpc) is 3.31. The van der Waals surface area contributed by atoms with Gasteiger partial charge < -0.3 is 9.64 Å². The molecule has 204 valence electrons. The second-order valence-corrected chi connectivity index (χ2v) is 7.81. The van der Waals surface area contributed by atoms with Crippen LogP contribution < -0.4 is 4.74 Å². The van der Waals surface area contributed by atoms with E-state index in [0.29, 0.717) is 18.6 Å². The summed E-state index contributed by atoms with van der Waals surface area (Å²) in [6, 6.07) is 2.95. The summed E-state index contributed by atoms with van der Waals surface area (Å²) in [5.74, 6) is -0.721. The minimum Gasteiger partial charge on any atom is -0.497 e. The first-order valence-corrected chi connectivity index (χ1v) is 11.1. The molecule has 3 nitrogen and oxygen atoms in total. The number of alkyl halides is 9. The van der Waals surface area contributed by atoms with Crippen LogP contribution >= 0.6 is 0 Å². The minimum atomic E-state index is -5.06. The zero-order valence-electron chi connectivity index (χ0n) is 20.0. The molecule has 0 spiro atoms. The van der Waals surface area contributed by atoms with E-state index in [4.69, 9.17) is 4.74 Å². The molecule has 1 unspecified atom stereocenters. The number of halogens is 9. The molecule has 1 amide bonds. The summed E-state index contributed by atoms with van der Waals surface area (Å²) in [5, 5.41) is 0. The van der Waals surface area contributed by atoms with E-state index >= 15 is 0 Å². The third-order valence-electron chi connectivity index (χ3n) is 5.49. The van der Waals surface area contributed by atoms with Crippen molar-refractivity contribution >= 4 is 12.0 Å². The lowest BCUT2D eigenvalue weighted by atomic mass is 9.97. The van der Waals surface area contributed by atoms with Crippen molar-refractivity contribution < 1.29 is 49.0 Å². The molecule has 0 N–H and O–H groups in total. The highest BCUT2D eigenvalue weighted by Crippen LogP contribution is 2.42. The smallest absolute Gasteiger partial charge is 0.416 e. The maximum atomic E-state index is 13.6. The number of amides is 1. The van der Waals surface area contributed by atoms with Gasteiger partial charge in [0.15, 0.2) is 0 Å². The Labute approximate surface area is 207 Å². The maximum Gasteiger partial charge on any atom is 0.416 e. The molecule has 0 aliphatic carbocycles. The van der Waals surface area contributed by atoms with Crippen LogP contribution in [0.25, 0.3) is 6.08 Å². The SMILES string of the molecule is CC.COc1ccc(C(F)(F)F)c(C2CCCN2C(=O)/C=C/c2cc(C(F)(F)F)cc(C(F)(F)F)c2)c1. The number of hydrogen-bond donors (Lipinski definition) is 0. The van der Waals surface area contributed by atoms with E-state index in [9.17, 15) is 44.3 Å². The van der Waals surface area contributed by atoms with E-state index in [1.54, 1.807) is 0 Å². The van der Waals surface area contributed by atoms with Crippen LogP contribution in [-0.2, 0) is 23.3 Å². The Morgan fingerprint density at radius 1 is 0.892 bits per heavy atom. The van der Waals surface area contributed by atoms with Gasteiger partial charge in [-0.05, 0) is 66.4 Å². The molecule has 0 aromatic heterocycles. The molecule has 1 atom stereocenters. The van der Waals surface area contributed by atoms with Gasteiger partial charge >= 0.3 is 18.5 Å². The van der Waals surface area contributed by atoms with Crippen molar-refractivity contribution in [3.8, 4) is 5.75 Å². The van der Waals surface area contributed by atoms with Gasteiger partial charge in [0, 0.05) is 12.6 Å². The zero-order chi connectivity index (χ0) is 28.2. The van der Waals surface area contributed by atoms with E-state index in [0.717, 1.165) is 35.3 Å². The highest BCUT2D eigenvalue weighted by Gasteiger charge is 2.39. The first kappa shape index (κ1) is 30.0. The molecule has 0 bridgehead atoms. The van der Waals surface area contributed by atoms with Gasteiger partial charge in [-0.2, -0.15) is 39.5 Å². The molecule has 37 heavy (non-hydrogen) atoms. The number of hydrogen-bond acceptors (Lipinski definition) is 2. The number of likely N-dealkylation sites (tertiary alicyclic amines) is 1. The van der Waals surface area contributed by atoms with E-state index < -0.39 is 52.7 Å². The Kier molecular flexibility index (Phi) is 9.32. The Balaban J connectivity index is 0.00000235. The van der Waals surface area contributed by atoms with Crippen molar-refractivity contribution in [2.75, 3.05) is 13.7 Å². The molecular weight excluding hydrogens is 517 g/mol. The van der Waals surface area contributed by atoms with Crippen molar-refractivity contribution in [1.82, 2.24) is 4.90 Å². The highest BCUT2D eigenvalue weighted by molar-refractivity contribution is 5.92. The Hall–Kier alpha value is -3.18. The van der Waals surface area contributed by atoms with Gasteiger partial charge in [0.05, 0.1) is 29.8 Å². The van der Waals surface area contributed by atoms with E-state index in [1.807, 2.05) is 13.8 Å². The minimum absolute atomic E-state index is 0.0445. The van der Waals surface area contributed by atoms with Crippen molar-refractivity contribution in [3.05, 3.63) is 70.3 Å². The fraction of sp³-hybridized carbons (Fsp3) is 0.400. The van der Waals surface area contributed by atoms with Crippen molar-refractivity contribution in [1.29, 1.82) is 0 Å². The van der Waals surface area contributed by atoms with Crippen LogP contribution in [0.1, 0.15) is 60.5 Å². The molecule has 0 radical (unpaired) electrons. The summed E-state index contributed by atoms with van der Waals surface area (Å²) in [6.07, 6.45) is -12.8. The zero-order valence-corrected chi connectivity index (χ0v) is 20.0. The summed E-state index contributed by atoms with van der Waals surface area (Å²) in [5.41, 5.74) is -4.82. The molecular formula is C25H24F9NO2. The molecule has 2 aromatic rings. The number of rotatable bonds is 4. The van der Waals surface area contributed by atoms with Crippen LogP contribution in [0.15, 0.2) is 42.5 Å². The average molecular weight is 541 g/mol. The van der Waals surface area contributed by atoms with Gasteiger partial charge in [-0.1, -0.05) is 13.8 Å². The first-order chi connectivity index (χ1) is 17.1. The molecule has 3 rings (SSSR count). The predicted octanol–water partition coefficient (Wildman–Crippen LogP) is 8.15. The van der Waals surface area contributed by atoms with Gasteiger partial charge in [0.25, 0.3) is 0 Å². The van der Waals surface area contributed by atoms with Crippen molar-refractivity contribution in [2.45, 2.75) is 51.3 Å². The van der Waals surface area contributed by atoms with Crippen LogP contribution in [0.4, 0.5) is 39.5 Å². The predicted molar refractivity (Wildman–Crippen MR) is 119 cm³/mol. The largest absolute Gasteiger partial charge is 0.497 e. The van der Waals surface area contributed by atoms with Crippen LogP contribution in [0.3, 0.4) is 0 Å². The normalized spacial score (nSPS) is 16.5. The lowest BCUT2D eigenvalue weighted by Crippen LogP contribution is -2.30. The number of carbonyl (C=O) groups is 1. The van der Waals surface area contributed by atoms with E-state index in [2.05, 4.69) is 0 Å². The van der Waals surface area contributed by atoms with Crippen LogP contribution in [-0.4, -0.2) is 24.5 Å². The van der Waals surface area contributed by atoms with Gasteiger partial charge in [-0.3, -0.25) is 4.79 Å². The monoisotopic (exact) mass is 541 g/mol. The van der Waals surface area contributed by atoms with Crippen molar-refractivity contribution in [2.24, 2.45) is 0 Å². The van der Waals surface area contributed by atoms with Crippen LogP contribution in [0, 0.1) is 0 Å². The maximum absolute atomic E-state index is 13.6. The second kappa shape index (κ2) is 11.5. The number of nitrogens with zero attached hydrogens (tertiary/aromatic N) is 1. The van der Waals surface area contributed by atoms with E-state index in [1.165, 1.54) is 7.11 Å². The van der Waals surface area contributed by atoms with Crippen molar-refractivity contribution in [3.63, 3.8) is 0 Å². The Bertz CT molecular complexity index is 1090. The Morgan fingerprint density at radius 2 is 1.46 bits per heavy atom. The highest BCUT2D eigenvalue weighted by atomic mass is 19.4. The standard InChI is InChI=1S/C23H18F9NO2.C2H6/c1-35-16-5-6-18(23(30,31)32)17(12-16)19-3-2-8-33(19)20(34)7-4-13-9-14(21(24,25)26)11-15(10-13)22(27,28)29;1-2/h4-7,9-12,19H,2-3,8H2,1H3;1-2H3/b7-4+;. The number of ether oxygens (including phenoxy) is 1. The lowest BCUT2D eigenvalue weighted by molar-refractivity contribution is -0.143. The molecule has 1 aliphatic heterocycles. The molecule has 0 saturated carbocycles. The second-order valence-electron chi connectivity index (χ2n) is 7.81. The van der Waals surface area contributed by atoms with Gasteiger partial charge in [0.2, 0.25) is 5.91 Å². The molecule has 1 saturated heterocycles. The topological polar surface area (TPSA) is 29.5 Å². The number of methoxy groups -OCH3 is 1. The summed E-state index contributed by atoms with van der Waals surface area (Å²) >= 11 is 0. The fourth-order valence-electron chi connectivity index (χ4n) is 3.89. The first-order valence-electron chi connectivity index (χ1n) is 11.1. The molecule has 1 aliphatic rings. The number of benzene rings is 2. The quantitative estimate of drug-likeness (QED) is 0.289.